The van der Waals surface area contributed by atoms with Crippen LogP contribution < -0.4 is 26.4 Å². The Morgan fingerprint density at radius 2 is 1.86 bits per heavy atom. The molecule has 3 rings (SSSR count). The number of carboxylic acid groups (broad SMARTS) is 1. The van der Waals surface area contributed by atoms with Crippen molar-refractivity contribution >= 4 is 44.2 Å². The van der Waals surface area contributed by atoms with E-state index in [2.05, 4.69) is 15.0 Å². The van der Waals surface area contributed by atoms with Gasteiger partial charge in [-0.2, -0.15) is 0 Å². The molecule has 1 aliphatic rings. The van der Waals surface area contributed by atoms with E-state index in [1.165, 1.54) is 6.07 Å². The molecule has 1 fully saturated rings. The third-order valence-electron chi connectivity index (χ3n) is 6.38. The van der Waals surface area contributed by atoms with Crippen molar-refractivity contribution in [1.82, 2.24) is 10.0 Å². The molecule has 0 bridgehead atoms. The number of sulfonamides is 1. The van der Waals surface area contributed by atoms with Crippen molar-refractivity contribution in [3.63, 3.8) is 0 Å². The van der Waals surface area contributed by atoms with Gasteiger partial charge in [0.25, 0.3) is 0 Å². The van der Waals surface area contributed by atoms with Crippen LogP contribution in [0.25, 0.3) is 10.8 Å². The summed E-state index contributed by atoms with van der Waals surface area (Å²) in [5, 5.41) is 14.0. The number of carbonyl (C=O) groups is 2. The van der Waals surface area contributed by atoms with Gasteiger partial charge in [-0.3, -0.25) is 15.1 Å². The number of fused-ring (bicyclic) bond motifs is 1. The van der Waals surface area contributed by atoms with E-state index in [4.69, 9.17) is 11.5 Å². The smallest absolute Gasteiger partial charge is 0.331 e. The molecule has 0 amide bonds. The number of hydrogen-bond acceptors (Lipinski definition) is 7. The Bertz CT molecular complexity index is 1250. The van der Waals surface area contributed by atoms with Gasteiger partial charge in [-0.05, 0) is 50.8 Å². The minimum absolute atomic E-state index is 0.00621. The van der Waals surface area contributed by atoms with Gasteiger partial charge in [0.2, 0.25) is 10.0 Å². The van der Waals surface area contributed by atoms with Gasteiger partial charge < -0.3 is 21.5 Å². The van der Waals surface area contributed by atoms with Crippen LogP contribution >= 0.6 is 0 Å². The predicted octanol–water partition coefficient (Wildman–Crippen LogP) is 0.772. The number of carboxylic acids is 1. The average Bonchev–Trinajstić information content (AvgIpc) is 2.84. The molecular formula is C24H34N6O5S. The highest BCUT2D eigenvalue weighted by atomic mass is 32.2. The lowest BCUT2D eigenvalue weighted by Crippen LogP contribution is -2.65. The van der Waals surface area contributed by atoms with E-state index in [0.29, 0.717) is 18.4 Å². The first-order valence-corrected chi connectivity index (χ1v) is 13.3. The van der Waals surface area contributed by atoms with E-state index in [1.807, 2.05) is 31.1 Å². The Hall–Kier alpha value is -3.22. The van der Waals surface area contributed by atoms with Crippen molar-refractivity contribution in [2.75, 3.05) is 32.1 Å². The quantitative estimate of drug-likeness (QED) is 0.124. The highest BCUT2D eigenvalue weighted by Gasteiger charge is 2.49. The number of piperidine rings is 1. The number of guanidine groups is 1. The molecule has 7 N–H and O–H groups in total. The Kier molecular flexibility index (Phi) is 8.54. The second-order valence-corrected chi connectivity index (χ2v) is 10.8. The number of carbonyl (C=O) groups excluding carboxylic acids is 1. The minimum Gasteiger partial charge on any atom is -0.480 e. The number of benzene rings is 2. The summed E-state index contributed by atoms with van der Waals surface area (Å²) >= 11 is 0. The summed E-state index contributed by atoms with van der Waals surface area (Å²) in [5.74, 6) is -2.17. The minimum atomic E-state index is -4.21. The largest absolute Gasteiger partial charge is 0.480 e. The molecule has 0 aromatic heterocycles. The monoisotopic (exact) mass is 518 g/mol. The summed E-state index contributed by atoms with van der Waals surface area (Å²) in [6, 6.07) is 8.99. The molecule has 0 aliphatic carbocycles. The Morgan fingerprint density at radius 3 is 2.47 bits per heavy atom. The van der Waals surface area contributed by atoms with E-state index in [9.17, 15) is 23.1 Å². The lowest BCUT2D eigenvalue weighted by atomic mass is 9.81. The number of rotatable bonds is 11. The molecule has 11 nitrogen and oxygen atoms in total. The fourth-order valence-corrected chi connectivity index (χ4v) is 6.04. The molecule has 0 saturated carbocycles. The van der Waals surface area contributed by atoms with Crippen LogP contribution in [-0.4, -0.2) is 70.0 Å². The fourth-order valence-electron chi connectivity index (χ4n) is 4.59. The van der Waals surface area contributed by atoms with Crippen LogP contribution in [0.5, 0.6) is 0 Å². The van der Waals surface area contributed by atoms with Gasteiger partial charge in [-0.1, -0.05) is 24.3 Å². The van der Waals surface area contributed by atoms with E-state index in [0.717, 1.165) is 17.5 Å². The molecule has 2 atom stereocenters. The Labute approximate surface area is 211 Å². The van der Waals surface area contributed by atoms with Crippen LogP contribution in [-0.2, 0) is 19.6 Å². The van der Waals surface area contributed by atoms with Crippen LogP contribution in [0.2, 0.25) is 0 Å². The van der Waals surface area contributed by atoms with Gasteiger partial charge in [0.15, 0.2) is 17.3 Å². The van der Waals surface area contributed by atoms with Crippen LogP contribution in [0.1, 0.15) is 32.1 Å². The maximum atomic E-state index is 13.6. The van der Waals surface area contributed by atoms with Gasteiger partial charge >= 0.3 is 5.97 Å². The number of hydrogen-bond donors (Lipinski definition) is 5. The van der Waals surface area contributed by atoms with E-state index < -0.39 is 33.4 Å². The second kappa shape index (κ2) is 11.2. The maximum Gasteiger partial charge on any atom is 0.331 e. The van der Waals surface area contributed by atoms with Gasteiger partial charge in [0, 0.05) is 37.1 Å². The number of nitrogens with zero attached hydrogens (tertiary/aromatic N) is 2. The third-order valence-corrected chi connectivity index (χ3v) is 7.91. The SMILES string of the molecule is CN(C)c1cccc2c(S(=O)(=O)N[C@@H](CCCN=C(N)N)C(=O)C3(C(=O)O)CCCCN3)cccc12. The van der Waals surface area contributed by atoms with Crippen molar-refractivity contribution in [1.29, 1.82) is 0 Å². The standard InChI is InChI=1S/C24H34N6O5S/c1-30(2)19-11-5-9-17-16(19)8-6-12-20(17)36(34,35)29-18(10-7-14-27-23(25)26)21(31)24(22(32)33)13-3-4-15-28-24/h5-6,8-9,11-12,18,28-29H,3-4,7,10,13-15H2,1-2H3,(H,32,33)(H4,25,26,27)/t18-,24?/m0/s1. The number of aliphatic carboxylic acids is 1. The number of aliphatic imine (C=N–C) groups is 1. The number of Topliss-reactive ketones (excluding diaryl/α,β-unsaturated/α-hetero) is 1. The van der Waals surface area contributed by atoms with Crippen molar-refractivity contribution in [2.24, 2.45) is 16.5 Å². The second-order valence-electron chi connectivity index (χ2n) is 9.10. The zero-order valence-corrected chi connectivity index (χ0v) is 21.3. The van der Waals surface area contributed by atoms with Gasteiger partial charge in [0.05, 0.1) is 10.9 Å². The first kappa shape index (κ1) is 27.4. The van der Waals surface area contributed by atoms with Crippen molar-refractivity contribution < 1.29 is 23.1 Å². The van der Waals surface area contributed by atoms with Gasteiger partial charge in [0.1, 0.15) is 0 Å². The first-order valence-electron chi connectivity index (χ1n) is 11.8. The molecule has 12 heteroatoms. The molecule has 1 aliphatic heterocycles. The van der Waals surface area contributed by atoms with E-state index >= 15 is 0 Å². The number of nitrogens with one attached hydrogen (secondary N) is 2. The van der Waals surface area contributed by atoms with Crippen molar-refractivity contribution in [3.05, 3.63) is 36.4 Å². The zero-order chi connectivity index (χ0) is 26.5. The maximum absolute atomic E-state index is 13.6. The molecule has 1 heterocycles. The molecule has 1 unspecified atom stereocenters. The van der Waals surface area contributed by atoms with Gasteiger partial charge in [-0.25, -0.2) is 17.9 Å². The average molecular weight is 519 g/mol. The van der Waals surface area contributed by atoms with E-state index in [-0.39, 0.29) is 36.7 Å². The summed E-state index contributed by atoms with van der Waals surface area (Å²) in [6.45, 7) is 0.518. The van der Waals surface area contributed by atoms with Crippen LogP contribution in [0.15, 0.2) is 46.3 Å². The number of anilines is 1. The van der Waals surface area contributed by atoms with Crippen molar-refractivity contribution in [3.8, 4) is 0 Å². The first-order chi connectivity index (χ1) is 17.0. The van der Waals surface area contributed by atoms with Gasteiger partial charge in [-0.15, -0.1) is 0 Å². The molecule has 2 aromatic carbocycles. The molecule has 196 valence electrons. The molecule has 0 radical (unpaired) electrons. The highest BCUT2D eigenvalue weighted by Crippen LogP contribution is 2.31. The molecule has 0 spiro atoms. The van der Waals surface area contributed by atoms with E-state index in [1.54, 1.807) is 18.2 Å². The lowest BCUT2D eigenvalue weighted by Gasteiger charge is -2.35. The summed E-state index contributed by atoms with van der Waals surface area (Å²) < 4.78 is 29.8. The molecule has 36 heavy (non-hydrogen) atoms. The number of ketones is 1. The molecule has 2 aromatic rings. The van der Waals surface area contributed by atoms with Crippen LogP contribution in [0.4, 0.5) is 5.69 Å². The fraction of sp³-hybridized carbons (Fsp3) is 0.458. The zero-order valence-electron chi connectivity index (χ0n) is 20.5. The highest BCUT2D eigenvalue weighted by molar-refractivity contribution is 7.89. The van der Waals surface area contributed by atoms with Crippen LogP contribution in [0.3, 0.4) is 0 Å². The van der Waals surface area contributed by atoms with Crippen LogP contribution in [0, 0.1) is 0 Å². The normalized spacial score (nSPS) is 18.9. The summed E-state index contributed by atoms with van der Waals surface area (Å²) in [7, 11) is -0.487. The topological polar surface area (TPSA) is 180 Å². The number of nitrogens with two attached hydrogens (primary N) is 2. The summed E-state index contributed by atoms with van der Waals surface area (Å²) in [6.07, 6.45) is 1.64. The Balaban J connectivity index is 2.01. The third kappa shape index (κ3) is 5.77. The molecule has 1 saturated heterocycles. The summed E-state index contributed by atoms with van der Waals surface area (Å²) in [4.78, 5) is 31.7. The van der Waals surface area contributed by atoms with Crippen molar-refractivity contribution in [2.45, 2.75) is 48.6 Å². The summed E-state index contributed by atoms with van der Waals surface area (Å²) in [5.41, 5.74) is 9.71. The lowest BCUT2D eigenvalue weighted by molar-refractivity contribution is -0.152. The molecular weight excluding hydrogens is 484 g/mol. The Morgan fingerprint density at radius 1 is 1.17 bits per heavy atom. The predicted molar refractivity (Wildman–Crippen MR) is 140 cm³/mol.